The fraction of sp³-hybridized carbons (Fsp3) is 0.600. The number of aromatic nitrogens is 4. The number of thiazole rings is 1. The summed E-state index contributed by atoms with van der Waals surface area (Å²) in [6.45, 7) is 7.69. The standard InChI is InChI=1S/C15H23N7S.HI/c1-9-13(23-11(3)18-9)8-17-15(16-4)20-12-6-5-7-22-14(12)19-10(2)21-22;/h12H,5-8H2,1-4H3,(H2,16,17,20);1H. The summed E-state index contributed by atoms with van der Waals surface area (Å²) in [5, 5.41) is 12.4. The van der Waals surface area contributed by atoms with Gasteiger partial charge < -0.3 is 10.6 Å². The van der Waals surface area contributed by atoms with Crippen LogP contribution in [0, 0.1) is 20.8 Å². The largest absolute Gasteiger partial charge is 0.351 e. The normalized spacial score (nSPS) is 17.2. The zero-order valence-electron chi connectivity index (χ0n) is 14.5. The van der Waals surface area contributed by atoms with E-state index in [9.17, 15) is 0 Å². The first-order chi connectivity index (χ1) is 11.1. The molecule has 0 saturated carbocycles. The van der Waals surface area contributed by atoms with Crippen LogP contribution in [0.3, 0.4) is 0 Å². The fourth-order valence-electron chi connectivity index (χ4n) is 2.87. The van der Waals surface area contributed by atoms with Gasteiger partial charge in [-0.05, 0) is 33.6 Å². The van der Waals surface area contributed by atoms with Gasteiger partial charge in [-0.15, -0.1) is 35.3 Å². The van der Waals surface area contributed by atoms with Gasteiger partial charge in [-0.25, -0.2) is 14.6 Å². The van der Waals surface area contributed by atoms with E-state index in [1.807, 2.05) is 25.5 Å². The van der Waals surface area contributed by atoms with Gasteiger partial charge in [0.15, 0.2) is 5.96 Å². The Labute approximate surface area is 163 Å². The Hall–Kier alpha value is -1.23. The van der Waals surface area contributed by atoms with Crippen LogP contribution in [0.15, 0.2) is 4.99 Å². The molecule has 9 heteroatoms. The van der Waals surface area contributed by atoms with Crippen LogP contribution in [0.1, 0.15) is 46.1 Å². The number of nitrogens with one attached hydrogen (secondary N) is 2. The van der Waals surface area contributed by atoms with Crippen molar-refractivity contribution in [3.8, 4) is 0 Å². The van der Waals surface area contributed by atoms with Gasteiger partial charge in [-0.2, -0.15) is 5.10 Å². The average Bonchev–Trinajstić information content (AvgIpc) is 3.05. The highest BCUT2D eigenvalue weighted by molar-refractivity contribution is 14.0. The zero-order valence-corrected chi connectivity index (χ0v) is 17.6. The second kappa shape index (κ2) is 8.24. The van der Waals surface area contributed by atoms with Crippen molar-refractivity contribution in [3.63, 3.8) is 0 Å². The molecule has 3 rings (SSSR count). The summed E-state index contributed by atoms with van der Waals surface area (Å²) in [6.07, 6.45) is 2.13. The third kappa shape index (κ3) is 4.24. The number of rotatable bonds is 3. The first kappa shape index (κ1) is 19.1. The van der Waals surface area contributed by atoms with Crippen molar-refractivity contribution < 1.29 is 0 Å². The summed E-state index contributed by atoms with van der Waals surface area (Å²) < 4.78 is 2.00. The number of hydrogen-bond acceptors (Lipinski definition) is 5. The van der Waals surface area contributed by atoms with Gasteiger partial charge in [-0.3, -0.25) is 4.99 Å². The van der Waals surface area contributed by atoms with Crippen molar-refractivity contribution in [1.29, 1.82) is 0 Å². The molecule has 24 heavy (non-hydrogen) atoms. The predicted molar refractivity (Wildman–Crippen MR) is 107 cm³/mol. The summed E-state index contributed by atoms with van der Waals surface area (Å²) >= 11 is 1.72. The zero-order chi connectivity index (χ0) is 16.4. The highest BCUT2D eigenvalue weighted by Gasteiger charge is 2.24. The van der Waals surface area contributed by atoms with E-state index >= 15 is 0 Å². The monoisotopic (exact) mass is 461 g/mol. The lowest BCUT2D eigenvalue weighted by molar-refractivity contribution is 0.397. The molecule has 2 N–H and O–H groups in total. The smallest absolute Gasteiger partial charge is 0.191 e. The van der Waals surface area contributed by atoms with Crippen LogP contribution in [0.2, 0.25) is 0 Å². The molecule has 2 aromatic heterocycles. The lowest BCUT2D eigenvalue weighted by Gasteiger charge is -2.24. The highest BCUT2D eigenvalue weighted by Crippen LogP contribution is 2.23. The van der Waals surface area contributed by atoms with Crippen LogP contribution >= 0.6 is 35.3 Å². The number of hydrogen-bond donors (Lipinski definition) is 2. The number of nitrogens with zero attached hydrogens (tertiary/aromatic N) is 5. The Morgan fingerprint density at radius 2 is 2.12 bits per heavy atom. The van der Waals surface area contributed by atoms with Crippen molar-refractivity contribution in [3.05, 3.63) is 27.2 Å². The first-order valence-corrected chi connectivity index (χ1v) is 8.70. The molecule has 1 atom stereocenters. The maximum absolute atomic E-state index is 4.55. The van der Waals surface area contributed by atoms with Crippen LogP contribution in [0.25, 0.3) is 0 Å². The Balaban J connectivity index is 0.00000208. The van der Waals surface area contributed by atoms with Crippen LogP contribution in [-0.2, 0) is 13.1 Å². The van der Waals surface area contributed by atoms with E-state index in [1.165, 1.54) is 4.88 Å². The summed E-state index contributed by atoms with van der Waals surface area (Å²) in [5.74, 6) is 2.61. The SMILES string of the molecule is CN=C(NCc1sc(C)nc1C)NC1CCCn2nc(C)nc21.I. The Kier molecular flexibility index (Phi) is 6.55. The molecule has 0 radical (unpaired) electrons. The molecule has 3 heterocycles. The van der Waals surface area contributed by atoms with Crippen molar-refractivity contribution >= 4 is 41.3 Å². The summed E-state index contributed by atoms with van der Waals surface area (Å²) in [7, 11) is 1.79. The van der Waals surface area contributed by atoms with Crippen LogP contribution in [0.4, 0.5) is 0 Å². The molecule has 0 saturated heterocycles. The number of aryl methyl sites for hydroxylation is 4. The van der Waals surface area contributed by atoms with Gasteiger partial charge >= 0.3 is 0 Å². The Morgan fingerprint density at radius 1 is 1.33 bits per heavy atom. The van der Waals surface area contributed by atoms with Crippen molar-refractivity contribution in [2.75, 3.05) is 7.05 Å². The molecular weight excluding hydrogens is 437 g/mol. The number of aliphatic imine (C=N–C) groups is 1. The molecule has 0 amide bonds. The van der Waals surface area contributed by atoms with Gasteiger partial charge in [0.2, 0.25) is 0 Å². The van der Waals surface area contributed by atoms with E-state index in [2.05, 4.69) is 30.7 Å². The summed E-state index contributed by atoms with van der Waals surface area (Å²) in [6, 6.07) is 0.153. The Bertz CT molecular complexity index is 721. The summed E-state index contributed by atoms with van der Waals surface area (Å²) in [4.78, 5) is 14.6. The molecule has 0 aromatic carbocycles. The van der Waals surface area contributed by atoms with Gasteiger partial charge in [0.25, 0.3) is 0 Å². The second-order valence-corrected chi connectivity index (χ2v) is 7.03. The van der Waals surface area contributed by atoms with E-state index < -0.39 is 0 Å². The van der Waals surface area contributed by atoms with Gasteiger partial charge in [0.05, 0.1) is 23.3 Å². The van der Waals surface area contributed by atoms with E-state index in [0.29, 0.717) is 0 Å². The number of guanidine groups is 1. The maximum Gasteiger partial charge on any atom is 0.191 e. The van der Waals surface area contributed by atoms with Crippen molar-refractivity contribution in [2.45, 2.75) is 52.7 Å². The molecule has 1 aliphatic heterocycles. The minimum atomic E-state index is 0. The third-order valence-electron chi connectivity index (χ3n) is 3.93. The van der Waals surface area contributed by atoms with Crippen molar-refractivity contribution in [1.82, 2.24) is 30.4 Å². The third-order valence-corrected chi connectivity index (χ3v) is 5.00. The molecule has 0 aliphatic carbocycles. The van der Waals surface area contributed by atoms with E-state index in [1.54, 1.807) is 18.4 Å². The van der Waals surface area contributed by atoms with Gasteiger partial charge in [0, 0.05) is 18.5 Å². The lowest BCUT2D eigenvalue weighted by Crippen LogP contribution is -2.41. The number of fused-ring (bicyclic) bond motifs is 1. The highest BCUT2D eigenvalue weighted by atomic mass is 127. The molecular formula is C15H24IN7S. The van der Waals surface area contributed by atoms with Gasteiger partial charge in [0.1, 0.15) is 11.6 Å². The molecule has 132 valence electrons. The molecule has 0 spiro atoms. The topological polar surface area (TPSA) is 80.0 Å². The van der Waals surface area contributed by atoms with E-state index in [0.717, 1.165) is 54.2 Å². The second-order valence-electron chi connectivity index (χ2n) is 5.75. The molecule has 0 fully saturated rings. The predicted octanol–water partition coefficient (Wildman–Crippen LogP) is 2.48. The molecule has 2 aromatic rings. The minimum absolute atomic E-state index is 0. The first-order valence-electron chi connectivity index (χ1n) is 7.88. The van der Waals surface area contributed by atoms with E-state index in [4.69, 9.17) is 0 Å². The molecule has 1 aliphatic rings. The molecule has 0 bridgehead atoms. The van der Waals surface area contributed by atoms with Crippen LogP contribution in [-0.4, -0.2) is 32.8 Å². The minimum Gasteiger partial charge on any atom is -0.351 e. The average molecular weight is 461 g/mol. The van der Waals surface area contributed by atoms with Crippen LogP contribution < -0.4 is 10.6 Å². The van der Waals surface area contributed by atoms with Crippen LogP contribution in [0.5, 0.6) is 0 Å². The quantitative estimate of drug-likeness (QED) is 0.417. The fourth-order valence-corrected chi connectivity index (χ4v) is 3.74. The molecule has 1 unspecified atom stereocenters. The Morgan fingerprint density at radius 3 is 2.79 bits per heavy atom. The number of halogens is 1. The lowest BCUT2D eigenvalue weighted by atomic mass is 10.1. The van der Waals surface area contributed by atoms with Gasteiger partial charge in [-0.1, -0.05) is 0 Å². The maximum atomic E-state index is 4.55. The van der Waals surface area contributed by atoms with Crippen molar-refractivity contribution in [2.24, 2.45) is 4.99 Å². The molecule has 7 nitrogen and oxygen atoms in total. The summed E-state index contributed by atoms with van der Waals surface area (Å²) in [5.41, 5.74) is 1.09. The van der Waals surface area contributed by atoms with E-state index in [-0.39, 0.29) is 30.0 Å².